The zero-order chi connectivity index (χ0) is 13.8. The van der Waals surface area contributed by atoms with Gasteiger partial charge in [-0.2, -0.15) is 0 Å². The molecule has 0 spiro atoms. The predicted octanol–water partition coefficient (Wildman–Crippen LogP) is 2.10. The van der Waals surface area contributed by atoms with Crippen LogP contribution in [0.3, 0.4) is 0 Å². The second-order valence-electron chi connectivity index (χ2n) is 4.23. The third-order valence-corrected chi connectivity index (χ3v) is 2.80. The number of benzene rings is 1. The van der Waals surface area contributed by atoms with Crippen molar-refractivity contribution in [1.82, 2.24) is 4.98 Å². The van der Waals surface area contributed by atoms with Crippen LogP contribution in [0.2, 0.25) is 0 Å². The monoisotopic (exact) mass is 259 g/mol. The summed E-state index contributed by atoms with van der Waals surface area (Å²) in [6.07, 6.45) is 1.75. The van der Waals surface area contributed by atoms with Gasteiger partial charge in [0.25, 0.3) is 0 Å². The molecular weight excluding hydrogens is 242 g/mol. The van der Waals surface area contributed by atoms with Crippen molar-refractivity contribution < 1.29 is 9.53 Å². The van der Waals surface area contributed by atoms with E-state index in [4.69, 9.17) is 10.5 Å². The number of aryl methyl sites for hydroxylation is 1. The van der Waals surface area contributed by atoms with Crippen molar-refractivity contribution in [3.05, 3.63) is 30.1 Å². The number of fused-ring (bicyclic) bond motifs is 1. The van der Waals surface area contributed by atoms with Gasteiger partial charge in [0.15, 0.2) is 0 Å². The summed E-state index contributed by atoms with van der Waals surface area (Å²) < 4.78 is 4.88. The molecule has 19 heavy (non-hydrogen) atoms. The highest BCUT2D eigenvalue weighted by molar-refractivity contribution is 6.01. The molecule has 0 aliphatic heterocycles. The Balaban J connectivity index is 2.30. The number of esters is 1. The van der Waals surface area contributed by atoms with Crippen molar-refractivity contribution in [3.8, 4) is 0 Å². The van der Waals surface area contributed by atoms with Crippen molar-refractivity contribution in [2.75, 3.05) is 24.2 Å². The molecule has 0 atom stereocenters. The van der Waals surface area contributed by atoms with Gasteiger partial charge in [-0.15, -0.1) is 0 Å². The van der Waals surface area contributed by atoms with Crippen LogP contribution in [-0.2, 0) is 9.53 Å². The normalized spacial score (nSPS) is 10.4. The average molecular weight is 259 g/mol. The Morgan fingerprint density at radius 1 is 1.42 bits per heavy atom. The van der Waals surface area contributed by atoms with Gasteiger partial charge in [-0.3, -0.25) is 9.78 Å². The summed E-state index contributed by atoms with van der Waals surface area (Å²) in [6.45, 7) is 4.21. The highest BCUT2D eigenvalue weighted by atomic mass is 16.5. The molecule has 2 rings (SSSR count). The summed E-state index contributed by atoms with van der Waals surface area (Å²) in [7, 11) is 0. The van der Waals surface area contributed by atoms with Crippen LogP contribution in [0, 0.1) is 6.92 Å². The lowest BCUT2D eigenvalue weighted by Crippen LogP contribution is -2.16. The quantitative estimate of drug-likeness (QED) is 0.649. The van der Waals surface area contributed by atoms with Crippen molar-refractivity contribution in [2.45, 2.75) is 13.8 Å². The zero-order valence-corrected chi connectivity index (χ0v) is 11.1. The molecule has 3 N–H and O–H groups in total. The highest BCUT2D eigenvalue weighted by Crippen LogP contribution is 2.28. The first kappa shape index (κ1) is 13.1. The van der Waals surface area contributed by atoms with Gasteiger partial charge in [0.05, 0.1) is 6.61 Å². The standard InChI is InChI=1S/C14H17N3O2/c1-3-19-14(18)8-17-13-5-4-12(15)11-7-16-9(2)6-10(11)13/h4-7,17H,3,8,15H2,1-2H3. The first-order chi connectivity index (χ1) is 9.11. The summed E-state index contributed by atoms with van der Waals surface area (Å²) in [5.41, 5.74) is 8.34. The molecule has 1 aromatic carbocycles. The van der Waals surface area contributed by atoms with Crippen LogP contribution >= 0.6 is 0 Å². The van der Waals surface area contributed by atoms with Gasteiger partial charge in [0.1, 0.15) is 6.54 Å². The lowest BCUT2D eigenvalue weighted by molar-refractivity contribution is -0.140. The molecule has 0 aliphatic carbocycles. The van der Waals surface area contributed by atoms with Gasteiger partial charge in [-0.25, -0.2) is 0 Å². The number of ether oxygens (including phenoxy) is 1. The SMILES string of the molecule is CCOC(=O)CNc1ccc(N)c2cnc(C)cc12. The van der Waals surface area contributed by atoms with Crippen LogP contribution in [0.4, 0.5) is 11.4 Å². The van der Waals surface area contributed by atoms with Crippen LogP contribution in [0.5, 0.6) is 0 Å². The van der Waals surface area contributed by atoms with Gasteiger partial charge in [0, 0.05) is 34.0 Å². The number of rotatable bonds is 4. The van der Waals surface area contributed by atoms with Crippen LogP contribution in [0.1, 0.15) is 12.6 Å². The van der Waals surface area contributed by atoms with Crippen molar-refractivity contribution in [3.63, 3.8) is 0 Å². The Labute approximate surface area is 111 Å². The molecule has 2 aromatic rings. The first-order valence-corrected chi connectivity index (χ1v) is 6.16. The summed E-state index contributed by atoms with van der Waals surface area (Å²) in [5, 5.41) is 4.90. The molecule has 0 aliphatic rings. The number of hydrogen-bond acceptors (Lipinski definition) is 5. The number of nitrogen functional groups attached to an aromatic ring is 1. The fourth-order valence-corrected chi connectivity index (χ4v) is 1.90. The Morgan fingerprint density at radius 2 is 2.21 bits per heavy atom. The predicted molar refractivity (Wildman–Crippen MR) is 76.0 cm³/mol. The second-order valence-corrected chi connectivity index (χ2v) is 4.23. The number of nitrogens with zero attached hydrogens (tertiary/aromatic N) is 1. The van der Waals surface area contributed by atoms with E-state index in [1.165, 1.54) is 0 Å². The maximum Gasteiger partial charge on any atom is 0.325 e. The Morgan fingerprint density at radius 3 is 2.95 bits per heavy atom. The van der Waals surface area contributed by atoms with Crippen molar-refractivity contribution >= 4 is 28.1 Å². The Hall–Kier alpha value is -2.30. The number of anilines is 2. The van der Waals surface area contributed by atoms with Crippen LogP contribution in [-0.4, -0.2) is 24.1 Å². The molecule has 0 unspecified atom stereocenters. The van der Waals surface area contributed by atoms with Crippen LogP contribution in [0.15, 0.2) is 24.4 Å². The highest BCUT2D eigenvalue weighted by Gasteiger charge is 2.07. The minimum absolute atomic E-state index is 0.133. The molecule has 5 heteroatoms. The maximum atomic E-state index is 11.4. The number of pyridine rings is 1. The van der Waals surface area contributed by atoms with Gasteiger partial charge in [0.2, 0.25) is 0 Å². The minimum Gasteiger partial charge on any atom is -0.465 e. The van der Waals surface area contributed by atoms with E-state index < -0.39 is 0 Å². The number of carbonyl (C=O) groups is 1. The van der Waals surface area contributed by atoms with E-state index in [0.29, 0.717) is 12.3 Å². The maximum absolute atomic E-state index is 11.4. The van der Waals surface area contributed by atoms with E-state index >= 15 is 0 Å². The zero-order valence-electron chi connectivity index (χ0n) is 11.1. The molecular formula is C14H17N3O2. The molecule has 100 valence electrons. The minimum atomic E-state index is -0.279. The van der Waals surface area contributed by atoms with Gasteiger partial charge in [-0.1, -0.05) is 0 Å². The molecule has 0 saturated carbocycles. The van der Waals surface area contributed by atoms with E-state index in [0.717, 1.165) is 22.2 Å². The topological polar surface area (TPSA) is 77.2 Å². The number of nitrogens with two attached hydrogens (primary N) is 1. The molecule has 1 aromatic heterocycles. The van der Waals surface area contributed by atoms with Crippen LogP contribution in [0.25, 0.3) is 10.8 Å². The Bertz CT molecular complexity index is 611. The van der Waals surface area contributed by atoms with Crippen LogP contribution < -0.4 is 11.1 Å². The summed E-state index contributed by atoms with van der Waals surface area (Å²) in [6, 6.07) is 5.60. The smallest absolute Gasteiger partial charge is 0.325 e. The molecule has 0 amide bonds. The third kappa shape index (κ3) is 2.93. The number of hydrogen-bond donors (Lipinski definition) is 2. The largest absolute Gasteiger partial charge is 0.465 e. The van der Waals surface area contributed by atoms with Gasteiger partial charge < -0.3 is 15.8 Å². The number of carbonyl (C=O) groups excluding carboxylic acids is 1. The van der Waals surface area contributed by atoms with E-state index in [1.807, 2.05) is 19.1 Å². The lowest BCUT2D eigenvalue weighted by atomic mass is 10.1. The molecule has 0 fully saturated rings. The molecule has 0 bridgehead atoms. The summed E-state index contributed by atoms with van der Waals surface area (Å²) in [5.74, 6) is -0.279. The van der Waals surface area contributed by atoms with E-state index in [2.05, 4.69) is 10.3 Å². The summed E-state index contributed by atoms with van der Waals surface area (Å²) >= 11 is 0. The molecule has 0 saturated heterocycles. The lowest BCUT2D eigenvalue weighted by Gasteiger charge is -2.11. The molecule has 1 heterocycles. The van der Waals surface area contributed by atoms with E-state index in [-0.39, 0.29) is 12.5 Å². The first-order valence-electron chi connectivity index (χ1n) is 6.16. The fourth-order valence-electron chi connectivity index (χ4n) is 1.90. The fraction of sp³-hybridized carbons (Fsp3) is 0.286. The molecule has 5 nitrogen and oxygen atoms in total. The van der Waals surface area contributed by atoms with Crippen molar-refractivity contribution in [1.29, 1.82) is 0 Å². The second kappa shape index (κ2) is 5.56. The summed E-state index contributed by atoms with van der Waals surface area (Å²) in [4.78, 5) is 15.6. The number of nitrogens with one attached hydrogen (secondary N) is 1. The van der Waals surface area contributed by atoms with E-state index in [9.17, 15) is 4.79 Å². The number of aromatic nitrogens is 1. The molecule has 0 radical (unpaired) electrons. The van der Waals surface area contributed by atoms with Crippen molar-refractivity contribution in [2.24, 2.45) is 0 Å². The van der Waals surface area contributed by atoms with Gasteiger partial charge in [-0.05, 0) is 32.0 Å². The Kier molecular flexibility index (Phi) is 3.85. The van der Waals surface area contributed by atoms with E-state index in [1.54, 1.807) is 19.2 Å². The third-order valence-electron chi connectivity index (χ3n) is 2.80. The average Bonchev–Trinajstić information content (AvgIpc) is 2.38. The van der Waals surface area contributed by atoms with Gasteiger partial charge >= 0.3 is 5.97 Å².